The van der Waals surface area contributed by atoms with E-state index >= 15 is 0 Å². The Morgan fingerprint density at radius 1 is 0.895 bits per heavy atom. The van der Waals surface area contributed by atoms with Crippen molar-refractivity contribution >= 4 is 23.5 Å². The third kappa shape index (κ3) is 4.85. The van der Waals surface area contributed by atoms with Crippen molar-refractivity contribution < 1.29 is 23.9 Å². The van der Waals surface area contributed by atoms with Gasteiger partial charge in [-0.25, -0.2) is 9.59 Å². The molecule has 2 aromatic rings. The number of hydrogen-bond acceptors (Lipinski definition) is 8. The topological polar surface area (TPSA) is 126 Å². The Kier molecular flexibility index (Phi) is 8.12. The van der Waals surface area contributed by atoms with Crippen LogP contribution in [0.5, 0.6) is 0 Å². The van der Waals surface area contributed by atoms with E-state index in [0.29, 0.717) is 24.2 Å². The molecule has 0 radical (unpaired) electrons. The molecule has 38 heavy (non-hydrogen) atoms. The summed E-state index contributed by atoms with van der Waals surface area (Å²) in [6.07, 6.45) is 3.91. The summed E-state index contributed by atoms with van der Waals surface area (Å²) in [6, 6.07) is 17.6. The Bertz CT molecular complexity index is 1330. The van der Waals surface area contributed by atoms with E-state index in [1.54, 1.807) is 59.5 Å². The highest BCUT2D eigenvalue weighted by Crippen LogP contribution is 2.44. The zero-order valence-electron chi connectivity index (χ0n) is 21.5. The van der Waals surface area contributed by atoms with Gasteiger partial charge in [0.15, 0.2) is 0 Å². The zero-order chi connectivity index (χ0) is 27.2. The normalized spacial score (nSPS) is 18.0. The molecular weight excluding hydrogens is 484 g/mol. The van der Waals surface area contributed by atoms with E-state index in [4.69, 9.17) is 15.2 Å². The summed E-state index contributed by atoms with van der Waals surface area (Å²) in [6.45, 7) is 1.23. The van der Waals surface area contributed by atoms with Crippen LogP contribution in [0.2, 0.25) is 0 Å². The molecule has 2 aliphatic heterocycles. The number of para-hydroxylation sites is 1. The lowest BCUT2D eigenvalue weighted by Crippen LogP contribution is -2.42. The number of benzene rings is 2. The summed E-state index contributed by atoms with van der Waals surface area (Å²) in [7, 11) is 2.38. The molecular formula is C29H30N4O5. The second-order valence-electron chi connectivity index (χ2n) is 9.06. The molecule has 0 aromatic heterocycles. The molecule has 0 saturated carbocycles. The molecule has 0 spiro atoms. The molecule has 2 heterocycles. The number of likely N-dealkylation sites (tertiary alicyclic amines) is 1. The van der Waals surface area contributed by atoms with Crippen LogP contribution in [0.3, 0.4) is 0 Å². The van der Waals surface area contributed by atoms with E-state index in [1.807, 2.05) is 0 Å². The summed E-state index contributed by atoms with van der Waals surface area (Å²) in [5.41, 5.74) is 7.47. The number of nitrogens with two attached hydrogens (primary N) is 1. The monoisotopic (exact) mass is 514 g/mol. The quantitative estimate of drug-likeness (QED) is 0.600. The van der Waals surface area contributed by atoms with Gasteiger partial charge in [0.05, 0.1) is 48.6 Å². The first-order valence-corrected chi connectivity index (χ1v) is 12.5. The van der Waals surface area contributed by atoms with Gasteiger partial charge in [-0.05, 0) is 30.5 Å². The molecule has 196 valence electrons. The first-order chi connectivity index (χ1) is 18.4. The van der Waals surface area contributed by atoms with Gasteiger partial charge < -0.3 is 20.1 Å². The number of amides is 1. The number of anilines is 1. The molecule has 1 atom stereocenters. The number of rotatable bonds is 5. The molecule has 1 amide bonds. The van der Waals surface area contributed by atoms with E-state index in [1.165, 1.54) is 19.1 Å². The van der Waals surface area contributed by atoms with Gasteiger partial charge in [-0.1, -0.05) is 55.3 Å². The number of methoxy groups -OCH3 is 2. The van der Waals surface area contributed by atoms with E-state index in [9.17, 15) is 19.6 Å². The fraction of sp³-hybridized carbons (Fsp3) is 0.310. The highest BCUT2D eigenvalue weighted by molar-refractivity contribution is 6.08. The largest absolute Gasteiger partial charge is 0.466 e. The number of esters is 2. The number of allylic oxidation sites excluding steroid dienone is 1. The highest BCUT2D eigenvalue weighted by atomic mass is 16.5. The van der Waals surface area contributed by atoms with Gasteiger partial charge in [0.2, 0.25) is 0 Å². The van der Waals surface area contributed by atoms with Gasteiger partial charge in [0, 0.05) is 13.1 Å². The second kappa shape index (κ2) is 11.6. The molecule has 9 heteroatoms. The Morgan fingerprint density at radius 3 is 2.11 bits per heavy atom. The number of carbonyl (C=O) groups excluding carboxylic acids is 3. The van der Waals surface area contributed by atoms with E-state index in [0.717, 1.165) is 25.7 Å². The fourth-order valence-corrected chi connectivity index (χ4v) is 5.06. The lowest BCUT2D eigenvalue weighted by Gasteiger charge is -2.37. The highest BCUT2D eigenvalue weighted by Gasteiger charge is 2.43. The molecule has 1 unspecified atom stereocenters. The van der Waals surface area contributed by atoms with Crippen LogP contribution in [-0.2, 0) is 19.1 Å². The minimum atomic E-state index is -0.979. The summed E-state index contributed by atoms with van der Waals surface area (Å²) in [4.78, 5) is 43.4. The van der Waals surface area contributed by atoms with Crippen LogP contribution in [0.25, 0.3) is 0 Å². The first-order valence-electron chi connectivity index (χ1n) is 12.5. The third-order valence-electron chi connectivity index (χ3n) is 6.88. The van der Waals surface area contributed by atoms with E-state index < -0.39 is 17.9 Å². The van der Waals surface area contributed by atoms with Crippen molar-refractivity contribution in [3.8, 4) is 6.07 Å². The average Bonchev–Trinajstić information content (AvgIpc) is 3.25. The molecule has 0 aliphatic carbocycles. The smallest absolute Gasteiger partial charge is 0.355 e. The summed E-state index contributed by atoms with van der Waals surface area (Å²) in [5, 5.41) is 10.2. The van der Waals surface area contributed by atoms with Crippen LogP contribution >= 0.6 is 0 Å². The Morgan fingerprint density at radius 2 is 1.50 bits per heavy atom. The Hall–Kier alpha value is -4.58. The number of nitrogens with zero attached hydrogens (tertiary/aromatic N) is 3. The van der Waals surface area contributed by atoms with Crippen molar-refractivity contribution in [2.45, 2.75) is 31.6 Å². The number of nitriles is 1. The molecule has 9 nitrogen and oxygen atoms in total. The predicted octanol–water partition coefficient (Wildman–Crippen LogP) is 3.60. The number of ether oxygens (including phenoxy) is 2. The fourth-order valence-electron chi connectivity index (χ4n) is 5.06. The summed E-state index contributed by atoms with van der Waals surface area (Å²) < 4.78 is 10.2. The number of carbonyl (C=O) groups is 3. The van der Waals surface area contributed by atoms with Crippen molar-refractivity contribution in [3.63, 3.8) is 0 Å². The van der Waals surface area contributed by atoms with Crippen molar-refractivity contribution in [1.82, 2.24) is 4.90 Å². The maximum atomic E-state index is 13.7. The maximum Gasteiger partial charge on any atom is 0.355 e. The predicted molar refractivity (Wildman–Crippen MR) is 140 cm³/mol. The first kappa shape index (κ1) is 26.5. The second-order valence-corrected chi connectivity index (χ2v) is 9.06. The van der Waals surface area contributed by atoms with Crippen molar-refractivity contribution in [3.05, 3.63) is 88.4 Å². The molecule has 2 aliphatic rings. The SMILES string of the molecule is COC(=O)C1=C(C(=O)OC)N(c2ccccc2C(=O)N2CCCCCC2)C(N)=C(C#N)C1c1ccccc1. The standard InChI is InChI=1S/C29H30N4O5/c1-37-28(35)24-23(19-12-6-5-7-13-19)21(18-30)26(31)33(25(24)29(36)38-2)22-15-9-8-14-20(22)27(34)32-16-10-3-4-11-17-32/h5-9,12-15,23H,3-4,10-11,16-17,31H2,1-2H3. The third-order valence-corrected chi connectivity index (χ3v) is 6.88. The Balaban J connectivity index is 1.99. The van der Waals surface area contributed by atoms with Crippen molar-refractivity contribution in [2.75, 3.05) is 32.2 Å². The molecule has 2 aromatic carbocycles. The lowest BCUT2D eigenvalue weighted by molar-refractivity contribution is -0.139. The summed E-state index contributed by atoms with van der Waals surface area (Å²) >= 11 is 0. The van der Waals surface area contributed by atoms with Crippen molar-refractivity contribution in [1.29, 1.82) is 5.26 Å². The molecule has 1 saturated heterocycles. The van der Waals surface area contributed by atoms with Crippen LogP contribution in [0.15, 0.2) is 77.3 Å². The molecule has 1 fully saturated rings. The molecule has 4 rings (SSSR count). The van der Waals surface area contributed by atoms with E-state index in [2.05, 4.69) is 6.07 Å². The van der Waals surface area contributed by atoms with Gasteiger partial charge in [0.25, 0.3) is 5.91 Å². The van der Waals surface area contributed by atoms with Gasteiger partial charge in [-0.2, -0.15) is 5.26 Å². The van der Waals surface area contributed by atoms with E-state index in [-0.39, 0.29) is 34.3 Å². The molecule has 0 bridgehead atoms. The van der Waals surface area contributed by atoms with Gasteiger partial charge in [0.1, 0.15) is 11.5 Å². The van der Waals surface area contributed by atoms with Crippen molar-refractivity contribution in [2.24, 2.45) is 5.73 Å². The minimum Gasteiger partial charge on any atom is -0.466 e. The van der Waals surface area contributed by atoms with Crippen LogP contribution in [0.4, 0.5) is 5.69 Å². The van der Waals surface area contributed by atoms with Gasteiger partial charge in [-0.3, -0.25) is 9.69 Å². The number of hydrogen-bond donors (Lipinski definition) is 1. The lowest BCUT2D eigenvalue weighted by atomic mass is 9.80. The van der Waals surface area contributed by atoms with Gasteiger partial charge >= 0.3 is 11.9 Å². The van der Waals surface area contributed by atoms with Crippen LogP contribution in [0, 0.1) is 11.3 Å². The van der Waals surface area contributed by atoms with Crippen LogP contribution in [0.1, 0.15) is 47.5 Å². The van der Waals surface area contributed by atoms with Crippen LogP contribution in [-0.4, -0.2) is 50.1 Å². The van der Waals surface area contributed by atoms with Gasteiger partial charge in [-0.15, -0.1) is 0 Å². The van der Waals surface area contributed by atoms with Crippen LogP contribution < -0.4 is 10.6 Å². The Labute approximate surface area is 221 Å². The zero-order valence-corrected chi connectivity index (χ0v) is 21.5. The average molecular weight is 515 g/mol. The minimum absolute atomic E-state index is 0.0428. The molecule has 2 N–H and O–H groups in total. The maximum absolute atomic E-state index is 13.7. The summed E-state index contributed by atoms with van der Waals surface area (Å²) in [5.74, 6) is -2.95.